The van der Waals surface area contributed by atoms with E-state index in [1.54, 1.807) is 35.2 Å². The molecule has 7 nitrogen and oxygen atoms in total. The van der Waals surface area contributed by atoms with Crippen LogP contribution in [-0.2, 0) is 11.3 Å². The lowest BCUT2D eigenvalue weighted by Gasteiger charge is -2.18. The monoisotopic (exact) mass is 395 g/mol. The van der Waals surface area contributed by atoms with Gasteiger partial charge in [0.1, 0.15) is 0 Å². The maximum absolute atomic E-state index is 12.3. The number of carbonyl (C=O) groups is 2. The minimum absolute atomic E-state index is 0.0225. The Hall–Kier alpha value is -3.35. The minimum atomic E-state index is -0.417. The van der Waals surface area contributed by atoms with Crippen molar-refractivity contribution in [3.8, 4) is 0 Å². The molecule has 0 saturated heterocycles. The molecule has 1 N–H and O–H groups in total. The number of benzene rings is 2. The van der Waals surface area contributed by atoms with E-state index in [0.717, 1.165) is 5.52 Å². The van der Waals surface area contributed by atoms with E-state index in [0.29, 0.717) is 42.9 Å². The molecule has 1 heterocycles. The van der Waals surface area contributed by atoms with Gasteiger partial charge in [-0.05, 0) is 56.7 Å². The molecule has 2 aromatic carbocycles. The Labute approximate surface area is 168 Å². The lowest BCUT2D eigenvalue weighted by atomic mass is 10.1. The van der Waals surface area contributed by atoms with Gasteiger partial charge in [-0.2, -0.15) is 0 Å². The number of hydrogen-bond donors (Lipinski definition) is 1. The summed E-state index contributed by atoms with van der Waals surface area (Å²) >= 11 is 0. The SMILES string of the molecule is CCN(CC)C(=O)c1ccc(NC(=O)CCCn2c(=O)oc3ccccc32)cc1. The van der Waals surface area contributed by atoms with E-state index >= 15 is 0 Å². The van der Waals surface area contributed by atoms with E-state index in [2.05, 4.69) is 5.32 Å². The summed E-state index contributed by atoms with van der Waals surface area (Å²) in [6.07, 6.45) is 0.778. The zero-order valence-electron chi connectivity index (χ0n) is 16.7. The van der Waals surface area contributed by atoms with E-state index in [1.807, 2.05) is 32.0 Å². The number of rotatable bonds is 8. The van der Waals surface area contributed by atoms with Crippen LogP contribution in [0.4, 0.5) is 5.69 Å². The lowest BCUT2D eigenvalue weighted by Crippen LogP contribution is -2.30. The van der Waals surface area contributed by atoms with Crippen molar-refractivity contribution in [2.45, 2.75) is 33.2 Å². The van der Waals surface area contributed by atoms with Crippen LogP contribution in [-0.4, -0.2) is 34.4 Å². The fraction of sp³-hybridized carbons (Fsp3) is 0.318. The third-order valence-electron chi connectivity index (χ3n) is 4.83. The van der Waals surface area contributed by atoms with E-state index in [-0.39, 0.29) is 18.2 Å². The molecule has 2 amide bonds. The summed E-state index contributed by atoms with van der Waals surface area (Å²) in [5.74, 6) is -0.584. The van der Waals surface area contributed by atoms with Crippen molar-refractivity contribution in [1.29, 1.82) is 0 Å². The third kappa shape index (κ3) is 4.74. The van der Waals surface area contributed by atoms with Crippen molar-refractivity contribution in [2.75, 3.05) is 18.4 Å². The molecule has 0 bridgehead atoms. The Balaban J connectivity index is 1.54. The zero-order valence-corrected chi connectivity index (χ0v) is 16.7. The first kappa shape index (κ1) is 20.4. The smallest absolute Gasteiger partial charge is 0.408 e. The normalized spacial score (nSPS) is 10.8. The number of oxazole rings is 1. The molecular weight excluding hydrogens is 370 g/mol. The summed E-state index contributed by atoms with van der Waals surface area (Å²) in [5, 5.41) is 2.82. The van der Waals surface area contributed by atoms with Crippen molar-refractivity contribution >= 4 is 28.6 Å². The lowest BCUT2D eigenvalue weighted by molar-refractivity contribution is -0.116. The quantitative estimate of drug-likeness (QED) is 0.633. The molecule has 0 spiro atoms. The van der Waals surface area contributed by atoms with Gasteiger partial charge in [-0.3, -0.25) is 14.2 Å². The summed E-state index contributed by atoms with van der Waals surface area (Å²) in [5.41, 5.74) is 2.50. The molecule has 0 aliphatic rings. The van der Waals surface area contributed by atoms with Crippen molar-refractivity contribution in [3.05, 3.63) is 64.6 Å². The van der Waals surface area contributed by atoms with Crippen LogP contribution in [0.15, 0.2) is 57.7 Å². The number of hydrogen-bond acceptors (Lipinski definition) is 4. The zero-order chi connectivity index (χ0) is 20.8. The van der Waals surface area contributed by atoms with E-state index in [9.17, 15) is 14.4 Å². The van der Waals surface area contributed by atoms with E-state index in [4.69, 9.17) is 4.42 Å². The Bertz CT molecular complexity index is 1050. The van der Waals surface area contributed by atoms with E-state index in [1.165, 1.54) is 4.57 Å². The number of nitrogens with zero attached hydrogens (tertiary/aromatic N) is 2. The molecule has 29 heavy (non-hydrogen) atoms. The molecule has 0 aliphatic heterocycles. The number of para-hydroxylation sites is 2. The molecule has 0 radical (unpaired) electrons. The van der Waals surface area contributed by atoms with Crippen LogP contribution in [0.25, 0.3) is 11.1 Å². The number of aromatic nitrogens is 1. The third-order valence-corrected chi connectivity index (χ3v) is 4.83. The summed E-state index contributed by atoms with van der Waals surface area (Å²) in [4.78, 5) is 38.2. The number of nitrogens with one attached hydrogen (secondary N) is 1. The molecule has 0 fully saturated rings. The predicted molar refractivity (Wildman–Crippen MR) is 112 cm³/mol. The summed E-state index contributed by atoms with van der Waals surface area (Å²) in [6.45, 7) is 5.60. The topological polar surface area (TPSA) is 84.5 Å². The van der Waals surface area contributed by atoms with Gasteiger partial charge in [0.05, 0.1) is 5.52 Å². The molecule has 152 valence electrons. The summed E-state index contributed by atoms with van der Waals surface area (Å²) in [6, 6.07) is 14.1. The first-order valence-electron chi connectivity index (χ1n) is 9.81. The highest BCUT2D eigenvalue weighted by atomic mass is 16.4. The predicted octanol–water partition coefficient (Wildman–Crippen LogP) is 3.50. The second-order valence-electron chi connectivity index (χ2n) is 6.69. The van der Waals surface area contributed by atoms with Gasteiger partial charge >= 0.3 is 5.76 Å². The van der Waals surface area contributed by atoms with Crippen LogP contribution >= 0.6 is 0 Å². The maximum atomic E-state index is 12.3. The molecule has 0 aliphatic carbocycles. The largest absolute Gasteiger partial charge is 0.419 e. The minimum Gasteiger partial charge on any atom is -0.408 e. The Kier molecular flexibility index (Phi) is 6.49. The summed E-state index contributed by atoms with van der Waals surface area (Å²) in [7, 11) is 0. The average molecular weight is 395 g/mol. The Morgan fingerprint density at radius 3 is 2.41 bits per heavy atom. The van der Waals surface area contributed by atoms with E-state index < -0.39 is 5.76 Å². The van der Waals surface area contributed by atoms with Crippen LogP contribution in [0.3, 0.4) is 0 Å². The molecule has 7 heteroatoms. The number of amides is 2. The van der Waals surface area contributed by atoms with Gasteiger partial charge in [0.25, 0.3) is 5.91 Å². The number of aryl methyl sites for hydroxylation is 1. The number of anilines is 1. The second kappa shape index (κ2) is 9.23. The Morgan fingerprint density at radius 1 is 1.03 bits per heavy atom. The van der Waals surface area contributed by atoms with Gasteiger partial charge in [0, 0.05) is 37.3 Å². The van der Waals surface area contributed by atoms with Gasteiger partial charge < -0.3 is 14.6 Å². The van der Waals surface area contributed by atoms with Crippen molar-refractivity contribution in [1.82, 2.24) is 9.47 Å². The van der Waals surface area contributed by atoms with Gasteiger partial charge in [-0.1, -0.05) is 12.1 Å². The van der Waals surface area contributed by atoms with Gasteiger partial charge in [0.15, 0.2) is 5.58 Å². The highest BCUT2D eigenvalue weighted by Crippen LogP contribution is 2.14. The number of carbonyl (C=O) groups excluding carboxylic acids is 2. The maximum Gasteiger partial charge on any atom is 0.419 e. The highest BCUT2D eigenvalue weighted by molar-refractivity contribution is 5.95. The summed E-state index contributed by atoms with van der Waals surface area (Å²) < 4.78 is 6.73. The van der Waals surface area contributed by atoms with Crippen LogP contribution in [0.1, 0.15) is 37.0 Å². The molecular formula is C22H25N3O4. The highest BCUT2D eigenvalue weighted by Gasteiger charge is 2.13. The molecule has 3 aromatic rings. The molecule has 3 rings (SSSR count). The standard InChI is InChI=1S/C22H25N3O4/c1-3-24(4-2)21(27)16-11-13-17(14-12-16)23-20(26)10-7-15-25-18-8-5-6-9-19(18)29-22(25)28/h5-6,8-9,11-14H,3-4,7,10,15H2,1-2H3,(H,23,26). The first-order valence-corrected chi connectivity index (χ1v) is 9.81. The van der Waals surface area contributed by atoms with Crippen molar-refractivity contribution in [3.63, 3.8) is 0 Å². The number of fused-ring (bicyclic) bond motifs is 1. The molecule has 0 unspecified atom stereocenters. The molecule has 0 atom stereocenters. The fourth-order valence-corrected chi connectivity index (χ4v) is 3.24. The van der Waals surface area contributed by atoms with Crippen LogP contribution in [0.5, 0.6) is 0 Å². The van der Waals surface area contributed by atoms with Crippen molar-refractivity contribution in [2.24, 2.45) is 0 Å². The molecule has 1 aromatic heterocycles. The Morgan fingerprint density at radius 2 is 1.72 bits per heavy atom. The molecule has 0 saturated carbocycles. The van der Waals surface area contributed by atoms with Crippen LogP contribution in [0, 0.1) is 0 Å². The van der Waals surface area contributed by atoms with Crippen molar-refractivity contribution < 1.29 is 14.0 Å². The second-order valence-corrected chi connectivity index (χ2v) is 6.69. The van der Waals surface area contributed by atoms with Gasteiger partial charge in [-0.25, -0.2) is 4.79 Å². The average Bonchev–Trinajstić information content (AvgIpc) is 3.04. The van der Waals surface area contributed by atoms with Crippen LogP contribution < -0.4 is 11.1 Å². The van der Waals surface area contributed by atoms with Gasteiger partial charge in [-0.15, -0.1) is 0 Å². The fourth-order valence-electron chi connectivity index (χ4n) is 3.24. The van der Waals surface area contributed by atoms with Gasteiger partial charge in [0.2, 0.25) is 5.91 Å². The van der Waals surface area contributed by atoms with Crippen LogP contribution in [0.2, 0.25) is 0 Å². The first-order chi connectivity index (χ1) is 14.0.